The number of methoxy groups -OCH3 is 1. The van der Waals surface area contributed by atoms with Crippen LogP contribution < -0.4 is 10.2 Å². The molecular weight excluding hydrogens is 493 g/mol. The second-order valence-corrected chi connectivity index (χ2v) is 12.8. The number of carbonyl (C=O) groups is 1. The predicted molar refractivity (Wildman–Crippen MR) is 141 cm³/mol. The molecule has 2 fully saturated rings. The van der Waals surface area contributed by atoms with Gasteiger partial charge in [0.2, 0.25) is 10.0 Å². The first-order chi connectivity index (χ1) is 17.4. The van der Waals surface area contributed by atoms with E-state index < -0.39 is 28.3 Å². The molecule has 0 N–H and O–H groups in total. The summed E-state index contributed by atoms with van der Waals surface area (Å²) in [5, 5.41) is 0.408. The molecule has 2 aliphatic rings. The van der Waals surface area contributed by atoms with Gasteiger partial charge in [-0.3, -0.25) is 4.79 Å². The molecule has 5 rings (SSSR count). The molecule has 0 spiro atoms. The number of fused-ring (bicyclic) bond motifs is 1. The van der Waals surface area contributed by atoms with Crippen LogP contribution in [0.25, 0.3) is 10.9 Å². The van der Waals surface area contributed by atoms with E-state index in [2.05, 4.69) is 0 Å². The average Bonchev–Trinajstić information content (AvgIpc) is 3.57. The maximum absolute atomic E-state index is 13.2. The van der Waals surface area contributed by atoms with Gasteiger partial charge in [-0.2, -0.15) is 0 Å². The number of rotatable bonds is 8. The van der Waals surface area contributed by atoms with Crippen molar-refractivity contribution in [3.63, 3.8) is 0 Å². The standard InChI is InChI=1S/C27H32BNO7S/c1-26(2)27(3,4)36-28(35-26)22-14-18(17-34-24-9-7-6-8-19(24)16-25(30)33-5)15-23-21(22)12-13-29(23)37(31,32)20-10-11-20/h6-9,12-15,20H,10-11,16-17H2,1-5H3. The summed E-state index contributed by atoms with van der Waals surface area (Å²) in [5.74, 6) is 0.204. The van der Waals surface area contributed by atoms with Crippen molar-refractivity contribution in [3.8, 4) is 5.75 Å². The van der Waals surface area contributed by atoms with Crippen LogP contribution in [-0.2, 0) is 41.9 Å². The lowest BCUT2D eigenvalue weighted by atomic mass is 9.76. The molecule has 10 heteroatoms. The van der Waals surface area contributed by atoms with Crippen molar-refractivity contribution in [3.05, 3.63) is 59.8 Å². The predicted octanol–water partition coefficient (Wildman–Crippen LogP) is 3.58. The number of carbonyl (C=O) groups excluding carboxylic acids is 1. The Morgan fingerprint density at radius 3 is 2.41 bits per heavy atom. The van der Waals surface area contributed by atoms with Gasteiger partial charge in [0.15, 0.2) is 0 Å². The van der Waals surface area contributed by atoms with E-state index in [9.17, 15) is 13.2 Å². The summed E-state index contributed by atoms with van der Waals surface area (Å²) in [5.41, 5.74) is 1.69. The lowest BCUT2D eigenvalue weighted by molar-refractivity contribution is -0.139. The number of para-hydroxylation sites is 1. The van der Waals surface area contributed by atoms with E-state index in [0.29, 0.717) is 29.7 Å². The quantitative estimate of drug-likeness (QED) is 0.328. The van der Waals surface area contributed by atoms with Crippen LogP contribution in [0.2, 0.25) is 0 Å². The molecule has 1 aliphatic heterocycles. The van der Waals surface area contributed by atoms with E-state index in [1.165, 1.54) is 11.1 Å². The minimum atomic E-state index is -3.50. The Labute approximate surface area is 218 Å². The van der Waals surface area contributed by atoms with E-state index >= 15 is 0 Å². The SMILES string of the molecule is COC(=O)Cc1ccccc1OCc1cc(B2OC(C)(C)C(C)(C)O2)c2ccn(S(=O)(=O)C3CC3)c2c1. The van der Waals surface area contributed by atoms with Crippen LogP contribution in [0, 0.1) is 0 Å². The maximum Gasteiger partial charge on any atom is 0.495 e. The molecule has 8 nitrogen and oxygen atoms in total. The number of esters is 1. The van der Waals surface area contributed by atoms with Crippen LogP contribution in [0.4, 0.5) is 0 Å². The first kappa shape index (κ1) is 25.8. The zero-order chi connectivity index (χ0) is 26.6. The van der Waals surface area contributed by atoms with Gasteiger partial charge in [-0.1, -0.05) is 24.3 Å². The molecule has 37 heavy (non-hydrogen) atoms. The number of hydrogen-bond donors (Lipinski definition) is 0. The van der Waals surface area contributed by atoms with Gasteiger partial charge in [0.25, 0.3) is 0 Å². The first-order valence-corrected chi connectivity index (χ1v) is 13.9. The molecule has 1 saturated carbocycles. The topological polar surface area (TPSA) is 93.1 Å². The average molecular weight is 525 g/mol. The molecule has 196 valence electrons. The van der Waals surface area contributed by atoms with Gasteiger partial charge < -0.3 is 18.8 Å². The highest BCUT2D eigenvalue weighted by atomic mass is 32.2. The summed E-state index contributed by atoms with van der Waals surface area (Å²) < 4.78 is 51.4. The maximum atomic E-state index is 13.2. The second-order valence-electron chi connectivity index (χ2n) is 10.7. The van der Waals surface area contributed by atoms with Crippen LogP contribution in [-0.4, -0.2) is 49.0 Å². The normalized spacial score (nSPS) is 18.8. The van der Waals surface area contributed by atoms with Crippen molar-refractivity contribution >= 4 is 39.5 Å². The van der Waals surface area contributed by atoms with Crippen molar-refractivity contribution in [2.24, 2.45) is 0 Å². The van der Waals surface area contributed by atoms with Gasteiger partial charge in [0.1, 0.15) is 12.4 Å². The zero-order valence-corrected chi connectivity index (χ0v) is 22.6. The third-order valence-corrected chi connectivity index (χ3v) is 9.70. The van der Waals surface area contributed by atoms with Crippen molar-refractivity contribution in [1.82, 2.24) is 3.97 Å². The minimum absolute atomic E-state index is 0.0906. The van der Waals surface area contributed by atoms with Crippen LogP contribution in [0.5, 0.6) is 5.75 Å². The number of hydrogen-bond acceptors (Lipinski definition) is 7. The summed E-state index contributed by atoms with van der Waals surface area (Å²) in [7, 11) is -2.82. The highest BCUT2D eigenvalue weighted by Gasteiger charge is 2.52. The number of aromatic nitrogens is 1. The lowest BCUT2D eigenvalue weighted by Crippen LogP contribution is -2.41. The van der Waals surface area contributed by atoms with Gasteiger partial charge in [0, 0.05) is 17.1 Å². The monoisotopic (exact) mass is 525 g/mol. The molecule has 1 saturated heterocycles. The minimum Gasteiger partial charge on any atom is -0.489 e. The van der Waals surface area contributed by atoms with Crippen LogP contribution in [0.3, 0.4) is 0 Å². The third-order valence-electron chi connectivity index (χ3n) is 7.52. The van der Waals surface area contributed by atoms with E-state index in [1.807, 2.05) is 64.1 Å². The van der Waals surface area contributed by atoms with Crippen LogP contribution in [0.15, 0.2) is 48.7 Å². The molecule has 0 atom stereocenters. The Balaban J connectivity index is 1.54. The molecule has 2 heterocycles. The third kappa shape index (κ3) is 4.78. The lowest BCUT2D eigenvalue weighted by Gasteiger charge is -2.32. The number of nitrogens with zero attached hydrogens (tertiary/aromatic N) is 1. The largest absolute Gasteiger partial charge is 0.495 e. The van der Waals surface area contributed by atoms with Gasteiger partial charge in [0.05, 0.1) is 35.5 Å². The fraction of sp³-hybridized carbons (Fsp3) is 0.444. The molecule has 0 bridgehead atoms. The molecule has 0 radical (unpaired) electrons. The Hall–Kier alpha value is -2.82. The van der Waals surface area contributed by atoms with Crippen LogP contribution in [0.1, 0.15) is 51.7 Å². The van der Waals surface area contributed by atoms with Gasteiger partial charge >= 0.3 is 13.1 Å². The van der Waals surface area contributed by atoms with Gasteiger partial charge in [-0.25, -0.2) is 12.4 Å². The highest BCUT2D eigenvalue weighted by molar-refractivity contribution is 7.91. The van der Waals surface area contributed by atoms with E-state index in [1.54, 1.807) is 12.3 Å². The van der Waals surface area contributed by atoms with Gasteiger partial charge in [-0.15, -0.1) is 0 Å². The van der Waals surface area contributed by atoms with E-state index in [4.69, 9.17) is 18.8 Å². The van der Waals surface area contributed by atoms with Crippen molar-refractivity contribution in [1.29, 1.82) is 0 Å². The fourth-order valence-corrected chi connectivity index (χ4v) is 6.19. The summed E-state index contributed by atoms with van der Waals surface area (Å²) in [6.45, 7) is 8.10. The molecule has 1 aliphatic carbocycles. The smallest absolute Gasteiger partial charge is 0.489 e. The van der Waals surface area contributed by atoms with Crippen molar-refractivity contribution in [2.45, 2.75) is 70.0 Å². The molecule has 2 aromatic carbocycles. The Kier molecular flexibility index (Phi) is 6.41. The summed E-state index contributed by atoms with van der Waals surface area (Å²) in [6.07, 6.45) is 3.05. The van der Waals surface area contributed by atoms with E-state index in [-0.39, 0.29) is 24.2 Å². The van der Waals surface area contributed by atoms with Crippen LogP contribution >= 0.6 is 0 Å². The van der Waals surface area contributed by atoms with E-state index in [0.717, 1.165) is 16.4 Å². The fourth-order valence-electron chi connectivity index (χ4n) is 4.48. The Bertz CT molecular complexity index is 1440. The molecule has 3 aromatic rings. The molecule has 0 amide bonds. The summed E-state index contributed by atoms with van der Waals surface area (Å²) >= 11 is 0. The molecular formula is C27H32BNO7S. The molecule has 1 aromatic heterocycles. The molecule has 0 unspecified atom stereocenters. The Morgan fingerprint density at radius 1 is 1.08 bits per heavy atom. The highest BCUT2D eigenvalue weighted by Crippen LogP contribution is 2.38. The first-order valence-electron chi connectivity index (χ1n) is 12.4. The van der Waals surface area contributed by atoms with Crippen molar-refractivity contribution < 1.29 is 32.0 Å². The van der Waals surface area contributed by atoms with Crippen molar-refractivity contribution in [2.75, 3.05) is 7.11 Å². The van der Waals surface area contributed by atoms with Gasteiger partial charge in [-0.05, 0) is 69.8 Å². The Morgan fingerprint density at radius 2 is 1.76 bits per heavy atom. The zero-order valence-electron chi connectivity index (χ0n) is 21.8. The summed E-state index contributed by atoms with van der Waals surface area (Å²) in [6, 6.07) is 12.9. The number of ether oxygens (including phenoxy) is 2. The second kappa shape index (κ2) is 9.18. The number of benzene rings is 2. The summed E-state index contributed by atoms with van der Waals surface area (Å²) in [4.78, 5) is 11.8.